The number of methoxy groups -OCH3 is 1. The number of benzene rings is 1. The fraction of sp³-hybridized carbons (Fsp3) is 0.476. The molecule has 1 aliphatic rings. The van der Waals surface area contributed by atoms with E-state index >= 15 is 0 Å². The molecular weight excluding hydrogens is 417 g/mol. The summed E-state index contributed by atoms with van der Waals surface area (Å²) < 4.78 is 20.6. The summed E-state index contributed by atoms with van der Waals surface area (Å²) in [7, 11) is 4.86. The number of fused-ring (bicyclic) bond motifs is 3. The summed E-state index contributed by atoms with van der Waals surface area (Å²) in [5, 5.41) is 4.90. The number of aromatic nitrogens is 4. The van der Waals surface area contributed by atoms with Gasteiger partial charge in [-0.1, -0.05) is 0 Å². The number of ether oxygens (including phenoxy) is 1. The third-order valence-electron chi connectivity index (χ3n) is 5.82. The third-order valence-corrected chi connectivity index (χ3v) is 5.82. The first kappa shape index (κ1) is 21.7. The van der Waals surface area contributed by atoms with Crippen molar-refractivity contribution in [1.82, 2.24) is 29.4 Å². The predicted octanol–water partition coefficient (Wildman–Crippen LogP) is 1.27. The van der Waals surface area contributed by atoms with Gasteiger partial charge in [0.05, 0.1) is 18.5 Å². The molecule has 4 rings (SSSR count). The van der Waals surface area contributed by atoms with Crippen LogP contribution in [0.25, 0.3) is 16.6 Å². The van der Waals surface area contributed by atoms with Crippen LogP contribution in [0.5, 0.6) is 5.75 Å². The Morgan fingerprint density at radius 2 is 2.12 bits per heavy atom. The third kappa shape index (κ3) is 4.02. The molecule has 2 aromatic heterocycles. The fourth-order valence-corrected chi connectivity index (χ4v) is 4.02. The molecule has 0 bridgehead atoms. The highest BCUT2D eigenvalue weighted by atomic mass is 19.1. The number of unbranched alkanes of at least 4 members (excludes halogenated alkanes) is 1. The fourth-order valence-electron chi connectivity index (χ4n) is 4.02. The molecule has 0 aliphatic carbocycles. The van der Waals surface area contributed by atoms with E-state index < -0.39 is 5.82 Å². The minimum Gasteiger partial charge on any atom is -0.494 e. The Labute approximate surface area is 184 Å². The zero-order valence-electron chi connectivity index (χ0n) is 18.3. The van der Waals surface area contributed by atoms with Crippen molar-refractivity contribution in [3.05, 3.63) is 23.8 Å². The molecule has 2 amide bonds. The number of nitrogen functional groups attached to an aromatic ring is 1. The van der Waals surface area contributed by atoms with Crippen molar-refractivity contribution in [2.45, 2.75) is 25.7 Å². The van der Waals surface area contributed by atoms with Crippen molar-refractivity contribution in [2.24, 2.45) is 5.92 Å². The van der Waals surface area contributed by atoms with Crippen molar-refractivity contribution >= 4 is 34.3 Å². The molecule has 0 saturated carbocycles. The van der Waals surface area contributed by atoms with Gasteiger partial charge in [0.1, 0.15) is 0 Å². The summed E-state index contributed by atoms with van der Waals surface area (Å²) in [5.74, 6) is 0.0354. The molecule has 3 aromatic rings. The Kier molecular flexibility index (Phi) is 5.81. The number of nitrogens with zero attached hydrogens (tertiary/aromatic N) is 6. The van der Waals surface area contributed by atoms with E-state index in [4.69, 9.17) is 10.5 Å². The molecule has 1 fully saturated rings. The number of hydrogen-bond acceptors (Lipinski definition) is 7. The number of hydrogen-bond donors (Lipinski definition) is 1. The molecule has 0 spiro atoms. The van der Waals surface area contributed by atoms with Crippen LogP contribution in [0, 0.1) is 11.7 Å². The molecule has 1 aromatic carbocycles. The van der Waals surface area contributed by atoms with Gasteiger partial charge in [-0.3, -0.25) is 9.59 Å². The summed E-state index contributed by atoms with van der Waals surface area (Å²) >= 11 is 0. The molecular formula is C21H26FN7O3. The SMILES string of the molecule is COc1cc2nc(N)n3nc(CCCCN(C)C(=O)C4CC(=O)N(C)C4)nc3c2cc1F. The molecule has 2 N–H and O–H groups in total. The summed E-state index contributed by atoms with van der Waals surface area (Å²) in [6.45, 7) is 1.06. The van der Waals surface area contributed by atoms with Crippen molar-refractivity contribution < 1.29 is 18.7 Å². The first-order valence-electron chi connectivity index (χ1n) is 10.5. The van der Waals surface area contributed by atoms with E-state index in [0.717, 1.165) is 12.8 Å². The van der Waals surface area contributed by atoms with Crippen LogP contribution < -0.4 is 10.5 Å². The van der Waals surface area contributed by atoms with Gasteiger partial charge in [-0.05, 0) is 18.9 Å². The number of rotatable bonds is 7. The maximum atomic E-state index is 14.2. The summed E-state index contributed by atoms with van der Waals surface area (Å²) in [5.41, 5.74) is 6.93. The Balaban J connectivity index is 1.40. The first-order valence-corrected chi connectivity index (χ1v) is 10.5. The van der Waals surface area contributed by atoms with Crippen LogP contribution in [0.3, 0.4) is 0 Å². The van der Waals surface area contributed by atoms with Gasteiger partial charge in [0.2, 0.25) is 17.8 Å². The lowest BCUT2D eigenvalue weighted by Crippen LogP contribution is -2.34. The van der Waals surface area contributed by atoms with Gasteiger partial charge in [-0.15, -0.1) is 5.10 Å². The quantitative estimate of drug-likeness (QED) is 0.546. The minimum atomic E-state index is -0.513. The largest absolute Gasteiger partial charge is 0.494 e. The maximum Gasteiger partial charge on any atom is 0.227 e. The molecule has 1 unspecified atom stereocenters. The number of nitrogens with two attached hydrogens (primary N) is 1. The summed E-state index contributed by atoms with van der Waals surface area (Å²) in [4.78, 5) is 36.2. The van der Waals surface area contributed by atoms with Crippen LogP contribution in [0.4, 0.5) is 10.3 Å². The van der Waals surface area contributed by atoms with Crippen LogP contribution in [0.1, 0.15) is 25.1 Å². The molecule has 3 heterocycles. The van der Waals surface area contributed by atoms with Crippen molar-refractivity contribution in [3.8, 4) is 5.75 Å². The average molecular weight is 443 g/mol. The summed E-state index contributed by atoms with van der Waals surface area (Å²) in [6.07, 6.45) is 2.37. The second kappa shape index (κ2) is 8.56. The number of amides is 2. The van der Waals surface area contributed by atoms with Crippen molar-refractivity contribution in [3.63, 3.8) is 0 Å². The van der Waals surface area contributed by atoms with Crippen LogP contribution in [0.15, 0.2) is 12.1 Å². The van der Waals surface area contributed by atoms with E-state index in [1.807, 2.05) is 0 Å². The molecule has 10 nitrogen and oxygen atoms in total. The monoisotopic (exact) mass is 443 g/mol. The second-order valence-corrected chi connectivity index (χ2v) is 8.13. The zero-order chi connectivity index (χ0) is 23.0. The molecule has 11 heteroatoms. The number of anilines is 1. The van der Waals surface area contributed by atoms with E-state index in [0.29, 0.717) is 41.9 Å². The molecule has 32 heavy (non-hydrogen) atoms. The predicted molar refractivity (Wildman–Crippen MR) is 116 cm³/mol. The van der Waals surface area contributed by atoms with E-state index in [1.54, 1.807) is 23.9 Å². The van der Waals surface area contributed by atoms with E-state index in [9.17, 15) is 14.0 Å². The molecule has 1 aliphatic heterocycles. The highest BCUT2D eigenvalue weighted by Gasteiger charge is 2.33. The van der Waals surface area contributed by atoms with Crippen LogP contribution >= 0.6 is 0 Å². The van der Waals surface area contributed by atoms with E-state index in [1.165, 1.54) is 23.8 Å². The highest BCUT2D eigenvalue weighted by Crippen LogP contribution is 2.27. The van der Waals surface area contributed by atoms with Crippen molar-refractivity contribution in [1.29, 1.82) is 0 Å². The molecule has 0 radical (unpaired) electrons. The number of halogens is 1. The van der Waals surface area contributed by atoms with Gasteiger partial charge >= 0.3 is 0 Å². The van der Waals surface area contributed by atoms with E-state index in [-0.39, 0.29) is 35.9 Å². The number of carbonyl (C=O) groups is 2. The average Bonchev–Trinajstić information content (AvgIpc) is 3.34. The standard InChI is InChI=1S/C21H26FN7O3/c1-27(20(31)12-8-18(30)28(2)11-12)7-5-4-6-17-25-19-13-9-14(22)16(32-3)10-15(13)24-21(23)29(19)26-17/h9-10,12H,4-8,11H2,1-3H3,(H2,23,24). The smallest absolute Gasteiger partial charge is 0.227 e. The molecule has 170 valence electrons. The Morgan fingerprint density at radius 1 is 1.34 bits per heavy atom. The lowest BCUT2D eigenvalue weighted by molar-refractivity contribution is -0.134. The van der Waals surface area contributed by atoms with Gasteiger partial charge in [0, 0.05) is 51.5 Å². The van der Waals surface area contributed by atoms with Crippen LogP contribution in [0.2, 0.25) is 0 Å². The van der Waals surface area contributed by atoms with Gasteiger partial charge in [-0.2, -0.15) is 4.52 Å². The van der Waals surface area contributed by atoms with Gasteiger partial charge in [0.15, 0.2) is 23.0 Å². The first-order chi connectivity index (χ1) is 15.3. The van der Waals surface area contributed by atoms with Gasteiger partial charge in [-0.25, -0.2) is 14.4 Å². The highest BCUT2D eigenvalue weighted by molar-refractivity contribution is 5.93. The zero-order valence-corrected chi connectivity index (χ0v) is 18.3. The Bertz CT molecular complexity index is 1200. The normalized spacial score (nSPS) is 16.3. The summed E-state index contributed by atoms with van der Waals surface area (Å²) in [6, 6.07) is 2.80. The lowest BCUT2D eigenvalue weighted by Gasteiger charge is -2.20. The van der Waals surface area contributed by atoms with E-state index in [2.05, 4.69) is 15.1 Å². The number of carbonyl (C=O) groups excluding carboxylic acids is 2. The van der Waals surface area contributed by atoms with Crippen LogP contribution in [-0.4, -0.2) is 75.5 Å². The van der Waals surface area contributed by atoms with Crippen molar-refractivity contribution in [2.75, 3.05) is 40.0 Å². The maximum absolute atomic E-state index is 14.2. The molecule has 1 atom stereocenters. The van der Waals surface area contributed by atoms with Gasteiger partial charge < -0.3 is 20.3 Å². The minimum absolute atomic E-state index is 0.00340. The topological polar surface area (TPSA) is 119 Å². The number of likely N-dealkylation sites (tertiary alicyclic amines) is 1. The number of aryl methyl sites for hydroxylation is 1. The van der Waals surface area contributed by atoms with Gasteiger partial charge in [0.25, 0.3) is 0 Å². The Hall–Kier alpha value is -3.50. The van der Waals surface area contributed by atoms with Crippen LogP contribution in [-0.2, 0) is 16.0 Å². The second-order valence-electron chi connectivity index (χ2n) is 8.13. The molecule has 1 saturated heterocycles. The lowest BCUT2D eigenvalue weighted by atomic mass is 10.1. The Morgan fingerprint density at radius 3 is 2.81 bits per heavy atom.